The Labute approximate surface area is 109 Å². The van der Waals surface area contributed by atoms with Crippen LogP contribution in [0.5, 0.6) is 5.75 Å². The molecule has 0 fully saturated rings. The maximum absolute atomic E-state index is 11.0. The highest BCUT2D eigenvalue weighted by Crippen LogP contribution is 2.26. The van der Waals surface area contributed by atoms with Gasteiger partial charge < -0.3 is 14.4 Å². The summed E-state index contributed by atoms with van der Waals surface area (Å²) < 4.78 is 6.56. The minimum atomic E-state index is -1.11. The predicted molar refractivity (Wildman–Crippen MR) is 67.2 cm³/mol. The lowest BCUT2D eigenvalue weighted by molar-refractivity contribution is 0.0687. The van der Waals surface area contributed by atoms with Crippen molar-refractivity contribution in [3.05, 3.63) is 35.1 Å². The average Bonchev–Trinajstić information content (AvgIpc) is 2.65. The number of carboxylic acids is 1. The van der Waals surface area contributed by atoms with Crippen LogP contribution >= 0.6 is 11.6 Å². The maximum Gasteiger partial charge on any atom is 0.355 e. The van der Waals surface area contributed by atoms with Gasteiger partial charge in [-0.25, -0.2) is 9.78 Å². The summed E-state index contributed by atoms with van der Waals surface area (Å²) in [6, 6.07) is 7.18. The molecule has 0 spiro atoms. The Kier molecular flexibility index (Phi) is 3.25. The van der Waals surface area contributed by atoms with Crippen molar-refractivity contribution in [3.63, 3.8) is 0 Å². The minimum Gasteiger partial charge on any atom is -0.497 e. The number of aromatic carboxylic acids is 1. The Morgan fingerprint density at radius 2 is 2.22 bits per heavy atom. The van der Waals surface area contributed by atoms with Crippen molar-refractivity contribution >= 4 is 17.6 Å². The van der Waals surface area contributed by atoms with Crippen molar-refractivity contribution in [2.45, 2.75) is 0 Å². The molecule has 1 heterocycles. The SMILES string of the molecule is COc1cccc(-c2nc(Cl)c(C(=O)O)n2C)c1. The molecule has 0 atom stereocenters. The van der Waals surface area contributed by atoms with E-state index in [1.165, 1.54) is 4.57 Å². The molecule has 1 aromatic carbocycles. The van der Waals surface area contributed by atoms with Crippen molar-refractivity contribution in [2.24, 2.45) is 7.05 Å². The van der Waals surface area contributed by atoms with E-state index in [-0.39, 0.29) is 10.8 Å². The number of aromatic nitrogens is 2. The molecular weight excluding hydrogens is 256 g/mol. The number of carboxylic acid groups (broad SMARTS) is 1. The molecule has 5 nitrogen and oxygen atoms in total. The Bertz CT molecular complexity index is 607. The Morgan fingerprint density at radius 1 is 1.50 bits per heavy atom. The highest BCUT2D eigenvalue weighted by molar-refractivity contribution is 6.32. The molecule has 0 radical (unpaired) electrons. The molecule has 6 heteroatoms. The van der Waals surface area contributed by atoms with Gasteiger partial charge in [0.1, 0.15) is 11.6 Å². The molecule has 1 aromatic heterocycles. The monoisotopic (exact) mass is 266 g/mol. The standard InChI is InChI=1S/C12H11ClN2O3/c1-15-9(12(16)17)10(13)14-11(15)7-4-3-5-8(6-7)18-2/h3-6H,1-2H3,(H,16,17). The van der Waals surface area contributed by atoms with Crippen molar-refractivity contribution in [1.29, 1.82) is 0 Å². The number of imidazole rings is 1. The van der Waals surface area contributed by atoms with E-state index in [0.29, 0.717) is 11.6 Å². The summed E-state index contributed by atoms with van der Waals surface area (Å²) in [4.78, 5) is 15.1. The van der Waals surface area contributed by atoms with Crippen LogP contribution in [0.25, 0.3) is 11.4 Å². The number of nitrogens with zero attached hydrogens (tertiary/aromatic N) is 2. The second-order valence-corrected chi connectivity index (χ2v) is 4.03. The summed E-state index contributed by atoms with van der Waals surface area (Å²) in [5.41, 5.74) is 0.709. The van der Waals surface area contributed by atoms with E-state index in [1.54, 1.807) is 32.4 Å². The van der Waals surface area contributed by atoms with E-state index in [1.807, 2.05) is 6.07 Å². The Balaban J connectivity index is 2.57. The van der Waals surface area contributed by atoms with Crippen LogP contribution in [0.4, 0.5) is 0 Å². The van der Waals surface area contributed by atoms with Crippen molar-refractivity contribution in [1.82, 2.24) is 9.55 Å². The number of hydrogen-bond acceptors (Lipinski definition) is 3. The zero-order chi connectivity index (χ0) is 13.3. The molecule has 18 heavy (non-hydrogen) atoms. The smallest absolute Gasteiger partial charge is 0.355 e. The molecule has 0 aliphatic rings. The fourth-order valence-corrected chi connectivity index (χ4v) is 2.00. The first-order chi connectivity index (χ1) is 8.54. The first-order valence-electron chi connectivity index (χ1n) is 5.14. The predicted octanol–water partition coefficient (Wildman–Crippen LogP) is 2.45. The summed E-state index contributed by atoms with van der Waals surface area (Å²) in [6.07, 6.45) is 0. The number of carbonyl (C=O) groups is 1. The van der Waals surface area contributed by atoms with E-state index in [9.17, 15) is 4.79 Å². The van der Waals surface area contributed by atoms with Crippen molar-refractivity contribution < 1.29 is 14.6 Å². The van der Waals surface area contributed by atoms with E-state index in [2.05, 4.69) is 4.98 Å². The lowest BCUT2D eigenvalue weighted by atomic mass is 10.2. The van der Waals surface area contributed by atoms with Crippen LogP contribution in [0.1, 0.15) is 10.5 Å². The number of ether oxygens (including phenoxy) is 1. The summed E-state index contributed by atoms with van der Waals surface area (Å²) in [5, 5.41) is 9.01. The number of halogens is 1. The van der Waals surface area contributed by atoms with Gasteiger partial charge in [0, 0.05) is 12.6 Å². The third kappa shape index (κ3) is 2.04. The molecule has 2 aromatic rings. The first kappa shape index (κ1) is 12.4. The number of rotatable bonds is 3. The molecule has 0 amide bonds. The quantitative estimate of drug-likeness (QED) is 0.927. The second-order valence-electron chi connectivity index (χ2n) is 3.67. The van der Waals surface area contributed by atoms with E-state index in [0.717, 1.165) is 5.56 Å². The number of methoxy groups -OCH3 is 1. The van der Waals surface area contributed by atoms with Crippen LogP contribution in [-0.2, 0) is 7.05 Å². The number of benzene rings is 1. The first-order valence-corrected chi connectivity index (χ1v) is 5.52. The lowest BCUT2D eigenvalue weighted by Gasteiger charge is -2.05. The molecule has 94 valence electrons. The van der Waals surface area contributed by atoms with Crippen LogP contribution in [0.15, 0.2) is 24.3 Å². The van der Waals surface area contributed by atoms with Crippen molar-refractivity contribution in [3.8, 4) is 17.1 Å². The highest BCUT2D eigenvalue weighted by atomic mass is 35.5. The van der Waals surface area contributed by atoms with Crippen LogP contribution in [-0.4, -0.2) is 27.7 Å². The zero-order valence-corrected chi connectivity index (χ0v) is 10.6. The van der Waals surface area contributed by atoms with Gasteiger partial charge in [0.25, 0.3) is 0 Å². The maximum atomic E-state index is 11.0. The van der Waals surface area contributed by atoms with Gasteiger partial charge in [-0.2, -0.15) is 0 Å². The molecule has 0 unspecified atom stereocenters. The van der Waals surface area contributed by atoms with Crippen molar-refractivity contribution in [2.75, 3.05) is 7.11 Å². The van der Waals surface area contributed by atoms with Crippen LogP contribution in [0.2, 0.25) is 5.15 Å². The van der Waals surface area contributed by atoms with E-state index in [4.69, 9.17) is 21.4 Å². The molecule has 0 aliphatic carbocycles. The van der Waals surface area contributed by atoms with Crippen LogP contribution in [0.3, 0.4) is 0 Å². The molecule has 2 rings (SSSR count). The molecule has 0 saturated carbocycles. The summed E-state index contributed by atoms with van der Waals surface area (Å²) >= 11 is 5.82. The van der Waals surface area contributed by atoms with Gasteiger partial charge in [-0.05, 0) is 12.1 Å². The summed E-state index contributed by atoms with van der Waals surface area (Å²) in [5.74, 6) is 0.0453. The lowest BCUT2D eigenvalue weighted by Crippen LogP contribution is -2.05. The molecule has 0 saturated heterocycles. The normalized spacial score (nSPS) is 10.4. The largest absolute Gasteiger partial charge is 0.497 e. The zero-order valence-electron chi connectivity index (χ0n) is 9.85. The van der Waals surface area contributed by atoms with Gasteiger partial charge in [0.05, 0.1) is 7.11 Å². The summed E-state index contributed by atoms with van der Waals surface area (Å²) in [6.45, 7) is 0. The number of hydrogen-bond donors (Lipinski definition) is 1. The Hall–Kier alpha value is -2.01. The minimum absolute atomic E-state index is 0.0252. The van der Waals surface area contributed by atoms with Gasteiger partial charge in [-0.3, -0.25) is 0 Å². The van der Waals surface area contributed by atoms with E-state index < -0.39 is 5.97 Å². The molecule has 0 aliphatic heterocycles. The average molecular weight is 267 g/mol. The van der Waals surface area contributed by atoms with Gasteiger partial charge in [-0.15, -0.1) is 0 Å². The molecule has 1 N–H and O–H groups in total. The van der Waals surface area contributed by atoms with Gasteiger partial charge in [-0.1, -0.05) is 23.7 Å². The third-order valence-electron chi connectivity index (χ3n) is 2.58. The highest BCUT2D eigenvalue weighted by Gasteiger charge is 2.20. The van der Waals surface area contributed by atoms with Crippen LogP contribution in [0, 0.1) is 0 Å². The van der Waals surface area contributed by atoms with Gasteiger partial charge in [0.2, 0.25) is 0 Å². The van der Waals surface area contributed by atoms with Gasteiger partial charge >= 0.3 is 5.97 Å². The molecule has 0 bridgehead atoms. The summed E-state index contributed by atoms with van der Waals surface area (Å²) in [7, 11) is 3.17. The topological polar surface area (TPSA) is 64.3 Å². The Morgan fingerprint density at radius 3 is 2.78 bits per heavy atom. The van der Waals surface area contributed by atoms with Crippen LogP contribution < -0.4 is 4.74 Å². The fraction of sp³-hybridized carbons (Fsp3) is 0.167. The fourth-order valence-electron chi connectivity index (χ4n) is 1.72. The van der Waals surface area contributed by atoms with E-state index >= 15 is 0 Å². The second kappa shape index (κ2) is 4.70. The molecular formula is C12H11ClN2O3. The van der Waals surface area contributed by atoms with Gasteiger partial charge in [0.15, 0.2) is 10.8 Å². The third-order valence-corrected chi connectivity index (χ3v) is 2.85.